The Balaban J connectivity index is 1.55. The van der Waals surface area contributed by atoms with Crippen molar-refractivity contribution < 1.29 is 19.2 Å². The number of carbonyl (C=O) groups excluding carboxylic acids is 1. The first-order valence-corrected chi connectivity index (χ1v) is 10.8. The summed E-state index contributed by atoms with van der Waals surface area (Å²) in [6.07, 6.45) is 0. The Bertz CT molecular complexity index is 1140. The number of nitrogens with one attached hydrogen (secondary N) is 1. The molecule has 2 heterocycles. The summed E-state index contributed by atoms with van der Waals surface area (Å²) in [7, 11) is 1.61. The molecule has 0 unspecified atom stereocenters. The average Bonchev–Trinajstić information content (AvgIpc) is 3.19. The van der Waals surface area contributed by atoms with Crippen LogP contribution >= 0.6 is 11.3 Å². The Hall–Kier alpha value is -3.50. The third-order valence-corrected chi connectivity index (χ3v) is 6.05. The molecular formula is C22H22N4O5S. The van der Waals surface area contributed by atoms with Crippen molar-refractivity contribution in [2.75, 3.05) is 43.6 Å². The highest BCUT2D eigenvalue weighted by atomic mass is 32.1. The fourth-order valence-corrected chi connectivity index (χ4v) is 4.35. The molecule has 0 aliphatic carbocycles. The molecule has 1 aliphatic rings. The molecular weight excluding hydrogens is 432 g/mol. The minimum Gasteiger partial charge on any atom is -0.497 e. The highest BCUT2D eigenvalue weighted by Gasteiger charge is 2.24. The zero-order chi connectivity index (χ0) is 22.7. The Kier molecular flexibility index (Phi) is 6.33. The fraction of sp³-hybridized carbons (Fsp3) is 0.273. The summed E-state index contributed by atoms with van der Waals surface area (Å²) in [5.74, 6) is 0.300. The number of nitro groups is 1. The molecule has 1 saturated heterocycles. The van der Waals surface area contributed by atoms with Crippen LogP contribution in [0.2, 0.25) is 0 Å². The van der Waals surface area contributed by atoms with Gasteiger partial charge in [0, 0.05) is 35.2 Å². The Morgan fingerprint density at radius 1 is 1.22 bits per heavy atom. The van der Waals surface area contributed by atoms with Crippen molar-refractivity contribution in [3.63, 3.8) is 0 Å². The molecule has 1 aliphatic heterocycles. The molecule has 0 radical (unpaired) electrons. The molecule has 0 saturated carbocycles. The van der Waals surface area contributed by atoms with Crippen molar-refractivity contribution >= 4 is 33.8 Å². The first kappa shape index (κ1) is 21.7. The topological polar surface area (TPSA) is 107 Å². The summed E-state index contributed by atoms with van der Waals surface area (Å²) < 4.78 is 10.5. The first-order valence-electron chi connectivity index (χ1n) is 10.0. The standard InChI is InChI=1S/C22H22N4O5S/c1-14-20(15-3-6-17(30-2)7-4-15)23-22(32-14)24-21(27)16-5-8-18(19(13-16)26(28)29)25-9-11-31-12-10-25/h3-8,13H,9-12H2,1-2H3,(H,23,24,27). The largest absolute Gasteiger partial charge is 0.497 e. The van der Waals surface area contributed by atoms with Gasteiger partial charge >= 0.3 is 0 Å². The second kappa shape index (κ2) is 9.33. The summed E-state index contributed by atoms with van der Waals surface area (Å²) in [6.45, 7) is 4.09. The fourth-order valence-electron chi connectivity index (χ4n) is 3.52. The van der Waals surface area contributed by atoms with Gasteiger partial charge in [-0.1, -0.05) is 0 Å². The van der Waals surface area contributed by atoms with Crippen LogP contribution in [0, 0.1) is 17.0 Å². The number of nitrogens with zero attached hydrogens (tertiary/aromatic N) is 3. The van der Waals surface area contributed by atoms with E-state index in [2.05, 4.69) is 10.3 Å². The van der Waals surface area contributed by atoms with Crippen LogP contribution in [0.15, 0.2) is 42.5 Å². The predicted octanol–water partition coefficient (Wildman–Crippen LogP) is 4.12. The van der Waals surface area contributed by atoms with Gasteiger partial charge < -0.3 is 14.4 Å². The molecule has 2 aromatic carbocycles. The number of ether oxygens (including phenoxy) is 2. The van der Waals surface area contributed by atoms with Gasteiger partial charge in [0.25, 0.3) is 11.6 Å². The van der Waals surface area contributed by atoms with Gasteiger partial charge in [-0.15, -0.1) is 11.3 Å². The third-order valence-electron chi connectivity index (χ3n) is 5.17. The second-order valence-corrected chi connectivity index (χ2v) is 8.37. The van der Waals surface area contributed by atoms with Crippen molar-refractivity contribution in [1.29, 1.82) is 0 Å². The van der Waals surface area contributed by atoms with Crippen LogP contribution in [-0.2, 0) is 4.74 Å². The first-order chi connectivity index (χ1) is 15.5. The van der Waals surface area contributed by atoms with Crippen LogP contribution in [0.25, 0.3) is 11.3 Å². The molecule has 0 spiro atoms. The van der Waals surface area contributed by atoms with E-state index < -0.39 is 10.8 Å². The number of aryl methyl sites for hydroxylation is 1. The number of methoxy groups -OCH3 is 1. The number of nitro benzene ring substituents is 1. The Labute approximate surface area is 188 Å². The van der Waals surface area contributed by atoms with E-state index in [0.717, 1.165) is 21.9 Å². The maximum Gasteiger partial charge on any atom is 0.293 e. The summed E-state index contributed by atoms with van der Waals surface area (Å²) in [5, 5.41) is 14.8. The zero-order valence-corrected chi connectivity index (χ0v) is 18.5. The number of benzene rings is 2. The summed E-state index contributed by atoms with van der Waals surface area (Å²) in [6, 6.07) is 12.0. The highest BCUT2D eigenvalue weighted by molar-refractivity contribution is 7.16. The number of hydrogen-bond acceptors (Lipinski definition) is 8. The van der Waals surface area contributed by atoms with Gasteiger partial charge in [0.1, 0.15) is 11.4 Å². The molecule has 4 rings (SSSR count). The quantitative estimate of drug-likeness (QED) is 0.441. The lowest BCUT2D eigenvalue weighted by atomic mass is 10.1. The van der Waals surface area contributed by atoms with Gasteiger partial charge in [-0.25, -0.2) is 4.98 Å². The van der Waals surface area contributed by atoms with Crippen molar-refractivity contribution in [3.8, 4) is 17.0 Å². The molecule has 1 fully saturated rings. The van der Waals surface area contributed by atoms with Gasteiger partial charge in [0.2, 0.25) is 0 Å². The van der Waals surface area contributed by atoms with E-state index in [1.165, 1.54) is 17.4 Å². The van der Waals surface area contributed by atoms with Crippen LogP contribution in [-0.4, -0.2) is 49.2 Å². The molecule has 1 aromatic heterocycles. The molecule has 3 aromatic rings. The normalized spacial score (nSPS) is 13.6. The molecule has 1 N–H and O–H groups in total. The number of amides is 1. The van der Waals surface area contributed by atoms with Gasteiger partial charge in [-0.3, -0.25) is 20.2 Å². The lowest BCUT2D eigenvalue weighted by molar-refractivity contribution is -0.384. The van der Waals surface area contributed by atoms with E-state index in [1.807, 2.05) is 36.1 Å². The Morgan fingerprint density at radius 3 is 2.59 bits per heavy atom. The van der Waals surface area contributed by atoms with Crippen LogP contribution in [0.5, 0.6) is 5.75 Å². The van der Waals surface area contributed by atoms with Crippen LogP contribution in [0.4, 0.5) is 16.5 Å². The SMILES string of the molecule is COc1ccc(-c2nc(NC(=O)c3ccc(N4CCOCC4)c([N+](=O)[O-])c3)sc2C)cc1. The van der Waals surface area contributed by atoms with Crippen molar-refractivity contribution in [3.05, 3.63) is 63.0 Å². The molecule has 9 nitrogen and oxygen atoms in total. The third kappa shape index (κ3) is 4.56. The number of anilines is 2. The minimum absolute atomic E-state index is 0.103. The maximum absolute atomic E-state index is 12.8. The number of morpholine rings is 1. The van der Waals surface area contributed by atoms with E-state index in [1.54, 1.807) is 19.2 Å². The number of thiazole rings is 1. The van der Waals surface area contributed by atoms with Crippen LogP contribution in [0.1, 0.15) is 15.2 Å². The number of carbonyl (C=O) groups is 1. The summed E-state index contributed by atoms with van der Waals surface area (Å²) in [5.41, 5.74) is 2.26. The van der Waals surface area contributed by atoms with Gasteiger partial charge in [-0.05, 0) is 43.3 Å². The average molecular weight is 455 g/mol. The predicted molar refractivity (Wildman–Crippen MR) is 123 cm³/mol. The number of aromatic nitrogens is 1. The van der Waals surface area contributed by atoms with Crippen molar-refractivity contribution in [2.45, 2.75) is 6.92 Å². The second-order valence-electron chi connectivity index (χ2n) is 7.17. The molecule has 0 atom stereocenters. The van der Waals surface area contributed by atoms with Crippen molar-refractivity contribution in [2.24, 2.45) is 0 Å². The maximum atomic E-state index is 12.8. The van der Waals surface area contributed by atoms with E-state index in [9.17, 15) is 14.9 Å². The lowest BCUT2D eigenvalue weighted by Gasteiger charge is -2.28. The smallest absolute Gasteiger partial charge is 0.293 e. The molecule has 0 bridgehead atoms. The molecule has 1 amide bonds. The molecule has 166 valence electrons. The van der Waals surface area contributed by atoms with Gasteiger partial charge in [0.15, 0.2) is 5.13 Å². The lowest BCUT2D eigenvalue weighted by Crippen LogP contribution is -2.36. The number of rotatable bonds is 6. The van der Waals surface area contributed by atoms with E-state index in [4.69, 9.17) is 9.47 Å². The monoisotopic (exact) mass is 454 g/mol. The van der Waals surface area contributed by atoms with Crippen LogP contribution < -0.4 is 15.0 Å². The van der Waals surface area contributed by atoms with Gasteiger partial charge in [-0.2, -0.15) is 0 Å². The number of hydrogen-bond donors (Lipinski definition) is 1. The minimum atomic E-state index is -0.461. The van der Waals surface area contributed by atoms with Gasteiger partial charge in [0.05, 0.1) is 30.9 Å². The van der Waals surface area contributed by atoms with E-state index >= 15 is 0 Å². The van der Waals surface area contributed by atoms with E-state index in [0.29, 0.717) is 37.1 Å². The van der Waals surface area contributed by atoms with Crippen molar-refractivity contribution in [1.82, 2.24) is 4.98 Å². The highest BCUT2D eigenvalue weighted by Crippen LogP contribution is 2.33. The molecule has 32 heavy (non-hydrogen) atoms. The van der Waals surface area contributed by atoms with Crippen LogP contribution in [0.3, 0.4) is 0 Å². The summed E-state index contributed by atoms with van der Waals surface area (Å²) in [4.78, 5) is 31.4. The molecule has 10 heteroatoms. The summed E-state index contributed by atoms with van der Waals surface area (Å²) >= 11 is 1.35. The zero-order valence-electron chi connectivity index (χ0n) is 17.7. The Morgan fingerprint density at radius 2 is 1.94 bits per heavy atom. The van der Waals surface area contributed by atoms with E-state index in [-0.39, 0.29) is 11.3 Å².